The maximum Gasteiger partial charge on any atom is 0.257 e. The molecule has 0 saturated heterocycles. The van der Waals surface area contributed by atoms with Crippen molar-refractivity contribution in [1.82, 2.24) is 9.62 Å². The normalized spacial score (nSPS) is 11.3. The molecule has 2 rings (SSSR count). The number of carbonyl (C=O) groups excluding carboxylic acids is 1. The molecule has 0 bridgehead atoms. The number of methoxy groups -OCH3 is 1. The first-order chi connectivity index (χ1) is 14.7. The van der Waals surface area contributed by atoms with E-state index in [1.165, 1.54) is 16.4 Å². The molecule has 0 radical (unpaired) electrons. The predicted molar refractivity (Wildman–Crippen MR) is 130 cm³/mol. The third-order valence-corrected chi connectivity index (χ3v) is 7.07. The van der Waals surface area contributed by atoms with E-state index in [1.807, 2.05) is 13.8 Å². The van der Waals surface area contributed by atoms with Crippen LogP contribution in [0.4, 0.5) is 5.69 Å². The smallest absolute Gasteiger partial charge is 0.257 e. The second-order valence-corrected chi connectivity index (χ2v) is 9.89. The van der Waals surface area contributed by atoms with Crippen LogP contribution in [0.5, 0.6) is 5.75 Å². The van der Waals surface area contributed by atoms with Gasteiger partial charge in [-0.1, -0.05) is 13.8 Å². The summed E-state index contributed by atoms with van der Waals surface area (Å²) in [6.45, 7) is 4.86. The molecule has 0 atom stereocenters. The summed E-state index contributed by atoms with van der Waals surface area (Å²) in [5.74, 6) is 0.235. The lowest BCUT2D eigenvalue weighted by molar-refractivity contribution is 0.0977. The van der Waals surface area contributed by atoms with E-state index in [0.29, 0.717) is 34.6 Å². The van der Waals surface area contributed by atoms with Crippen molar-refractivity contribution < 1.29 is 17.9 Å². The molecule has 2 aromatic rings. The van der Waals surface area contributed by atoms with Gasteiger partial charge in [0.15, 0.2) is 5.11 Å². The fourth-order valence-corrected chi connectivity index (χ4v) is 5.23. The van der Waals surface area contributed by atoms with Crippen LogP contribution in [-0.2, 0) is 10.0 Å². The van der Waals surface area contributed by atoms with E-state index in [2.05, 4.69) is 26.6 Å². The third-order valence-electron chi connectivity index (χ3n) is 4.34. The zero-order valence-electron chi connectivity index (χ0n) is 17.6. The number of carbonyl (C=O) groups is 1. The molecule has 0 aliphatic rings. The van der Waals surface area contributed by atoms with Gasteiger partial charge in [0.25, 0.3) is 5.91 Å². The van der Waals surface area contributed by atoms with E-state index in [0.717, 1.165) is 12.8 Å². The predicted octanol–water partition coefficient (Wildman–Crippen LogP) is 4.40. The van der Waals surface area contributed by atoms with Crippen LogP contribution < -0.4 is 15.4 Å². The Hall–Kier alpha value is -2.01. The quantitative estimate of drug-likeness (QED) is 0.470. The molecule has 10 heteroatoms. The van der Waals surface area contributed by atoms with Gasteiger partial charge in [-0.2, -0.15) is 4.31 Å². The van der Waals surface area contributed by atoms with Gasteiger partial charge in [-0.05, 0) is 83.5 Å². The van der Waals surface area contributed by atoms with E-state index in [1.54, 1.807) is 37.4 Å². The average molecular weight is 528 g/mol. The average Bonchev–Trinajstić information content (AvgIpc) is 2.73. The fourth-order valence-electron chi connectivity index (χ4n) is 2.86. The first kappa shape index (κ1) is 25.3. The molecule has 1 amide bonds. The zero-order valence-corrected chi connectivity index (χ0v) is 20.9. The van der Waals surface area contributed by atoms with Gasteiger partial charge in [-0.25, -0.2) is 8.42 Å². The van der Waals surface area contributed by atoms with Crippen molar-refractivity contribution in [3.63, 3.8) is 0 Å². The highest BCUT2D eigenvalue weighted by atomic mass is 79.9. The van der Waals surface area contributed by atoms with Crippen LogP contribution in [0, 0.1) is 0 Å². The van der Waals surface area contributed by atoms with Gasteiger partial charge in [0, 0.05) is 24.3 Å². The first-order valence-electron chi connectivity index (χ1n) is 9.79. The Labute approximate surface area is 197 Å². The highest BCUT2D eigenvalue weighted by Gasteiger charge is 2.22. The van der Waals surface area contributed by atoms with Crippen molar-refractivity contribution in [2.75, 3.05) is 25.5 Å². The summed E-state index contributed by atoms with van der Waals surface area (Å²) in [5, 5.41) is 5.59. The lowest BCUT2D eigenvalue weighted by atomic mass is 10.2. The Balaban J connectivity index is 2.04. The Bertz CT molecular complexity index is 1020. The molecule has 0 heterocycles. The van der Waals surface area contributed by atoms with Gasteiger partial charge < -0.3 is 10.1 Å². The number of hydrogen-bond acceptors (Lipinski definition) is 5. The monoisotopic (exact) mass is 527 g/mol. The molecule has 0 spiro atoms. The van der Waals surface area contributed by atoms with E-state index in [-0.39, 0.29) is 15.9 Å². The van der Waals surface area contributed by atoms with E-state index in [9.17, 15) is 13.2 Å². The van der Waals surface area contributed by atoms with Crippen molar-refractivity contribution in [3.05, 3.63) is 52.5 Å². The highest BCUT2D eigenvalue weighted by molar-refractivity contribution is 9.10. The number of amides is 1. The molecule has 0 aromatic heterocycles. The largest absolute Gasteiger partial charge is 0.496 e. The van der Waals surface area contributed by atoms with Gasteiger partial charge >= 0.3 is 0 Å². The molecule has 2 aromatic carbocycles. The minimum absolute atomic E-state index is 0.103. The highest BCUT2D eigenvalue weighted by Crippen LogP contribution is 2.25. The first-order valence-corrected chi connectivity index (χ1v) is 12.4. The minimum atomic E-state index is -3.55. The van der Waals surface area contributed by atoms with Crippen LogP contribution in [0.3, 0.4) is 0 Å². The number of anilines is 1. The maximum atomic E-state index is 12.8. The Kier molecular flexibility index (Phi) is 9.42. The van der Waals surface area contributed by atoms with Gasteiger partial charge in [0.1, 0.15) is 5.75 Å². The van der Waals surface area contributed by atoms with Gasteiger partial charge in [-0.3, -0.25) is 10.1 Å². The fraction of sp³-hybridized carbons (Fsp3) is 0.333. The number of hydrogen-bond donors (Lipinski definition) is 2. The maximum absolute atomic E-state index is 12.8. The standard InChI is InChI=1S/C21H26BrN3O4S2/c1-4-12-25(13-5-2)31(27,28)17-9-7-16(8-10-17)23-21(30)24-20(26)15-6-11-19(29-3)18(22)14-15/h6-11,14H,4-5,12-13H2,1-3H3,(H2,23,24,26,30). The molecule has 31 heavy (non-hydrogen) atoms. The summed E-state index contributed by atoms with van der Waals surface area (Å²) in [7, 11) is -2.01. The Morgan fingerprint density at radius 1 is 1.10 bits per heavy atom. The minimum Gasteiger partial charge on any atom is -0.496 e. The summed E-state index contributed by atoms with van der Waals surface area (Å²) < 4.78 is 33.0. The molecule has 168 valence electrons. The number of benzene rings is 2. The molecular formula is C21H26BrN3O4S2. The van der Waals surface area contributed by atoms with Crippen LogP contribution >= 0.6 is 28.1 Å². The third kappa shape index (κ3) is 6.73. The topological polar surface area (TPSA) is 87.7 Å². The number of nitrogens with one attached hydrogen (secondary N) is 2. The summed E-state index contributed by atoms with van der Waals surface area (Å²) in [5.41, 5.74) is 0.975. The second-order valence-electron chi connectivity index (χ2n) is 6.69. The molecule has 0 saturated carbocycles. The van der Waals surface area contributed by atoms with Gasteiger partial charge in [-0.15, -0.1) is 0 Å². The van der Waals surface area contributed by atoms with Gasteiger partial charge in [0.05, 0.1) is 16.5 Å². The number of halogens is 1. The molecule has 0 unspecified atom stereocenters. The summed E-state index contributed by atoms with van der Waals surface area (Å²) in [6, 6.07) is 11.2. The molecular weight excluding hydrogens is 502 g/mol. The molecule has 0 fully saturated rings. The molecule has 0 aliphatic heterocycles. The Morgan fingerprint density at radius 2 is 1.71 bits per heavy atom. The van der Waals surface area contributed by atoms with Crippen molar-refractivity contribution in [2.24, 2.45) is 0 Å². The van der Waals surface area contributed by atoms with Crippen LogP contribution in [0.15, 0.2) is 51.8 Å². The second kappa shape index (κ2) is 11.6. The zero-order chi connectivity index (χ0) is 23.0. The van der Waals surface area contributed by atoms with Crippen molar-refractivity contribution in [2.45, 2.75) is 31.6 Å². The summed E-state index contributed by atoms with van der Waals surface area (Å²) >= 11 is 8.55. The van der Waals surface area contributed by atoms with E-state index >= 15 is 0 Å². The number of sulfonamides is 1. The molecule has 0 aliphatic carbocycles. The van der Waals surface area contributed by atoms with Crippen molar-refractivity contribution >= 4 is 54.9 Å². The summed E-state index contributed by atoms with van der Waals surface area (Å²) in [4.78, 5) is 12.6. The van der Waals surface area contributed by atoms with Gasteiger partial charge in [0.2, 0.25) is 10.0 Å². The number of thiocarbonyl (C=S) groups is 1. The van der Waals surface area contributed by atoms with Crippen molar-refractivity contribution in [3.8, 4) is 5.75 Å². The lowest BCUT2D eigenvalue weighted by Gasteiger charge is -2.21. The van der Waals surface area contributed by atoms with Crippen LogP contribution in [0.1, 0.15) is 37.0 Å². The molecule has 7 nitrogen and oxygen atoms in total. The SMILES string of the molecule is CCCN(CCC)S(=O)(=O)c1ccc(NC(=S)NC(=O)c2ccc(OC)c(Br)c2)cc1. The Morgan fingerprint density at radius 3 is 2.23 bits per heavy atom. The lowest BCUT2D eigenvalue weighted by Crippen LogP contribution is -2.34. The van der Waals surface area contributed by atoms with Crippen LogP contribution in [-0.4, -0.2) is 43.9 Å². The number of nitrogens with zero attached hydrogens (tertiary/aromatic N) is 1. The summed E-state index contributed by atoms with van der Waals surface area (Å²) in [6.07, 6.45) is 1.50. The van der Waals surface area contributed by atoms with Crippen LogP contribution in [0.2, 0.25) is 0 Å². The number of rotatable bonds is 9. The molecule has 2 N–H and O–H groups in total. The number of ether oxygens (including phenoxy) is 1. The van der Waals surface area contributed by atoms with E-state index in [4.69, 9.17) is 17.0 Å². The van der Waals surface area contributed by atoms with Crippen LogP contribution in [0.25, 0.3) is 0 Å². The van der Waals surface area contributed by atoms with Crippen molar-refractivity contribution in [1.29, 1.82) is 0 Å². The van der Waals surface area contributed by atoms with E-state index < -0.39 is 10.0 Å².